The normalized spacial score (nSPS) is 18.3. The number of piperidine rings is 1. The molecule has 1 aromatic carbocycles. The second kappa shape index (κ2) is 13.4. The number of likely N-dealkylation sites (tertiary alicyclic amines) is 1. The van der Waals surface area contributed by atoms with E-state index in [1.807, 2.05) is 7.05 Å². The number of carbonyl (C=O) groups excluding carboxylic acids is 1. The zero-order valence-corrected chi connectivity index (χ0v) is 22.1. The Morgan fingerprint density at radius 1 is 1.06 bits per heavy atom. The van der Waals surface area contributed by atoms with E-state index in [-0.39, 0.29) is 5.91 Å². The van der Waals surface area contributed by atoms with Crippen LogP contribution in [0.25, 0.3) is 0 Å². The molecule has 0 bridgehead atoms. The van der Waals surface area contributed by atoms with Gasteiger partial charge in [0, 0.05) is 26.2 Å². The highest BCUT2D eigenvalue weighted by Gasteiger charge is 2.24. The molecule has 1 saturated heterocycles. The van der Waals surface area contributed by atoms with Crippen LogP contribution in [0.5, 0.6) is 0 Å². The Kier molecular flexibility index (Phi) is 11.2. The van der Waals surface area contributed by atoms with Crippen LogP contribution < -0.4 is 4.90 Å². The Balaban J connectivity index is 2.01. The highest BCUT2D eigenvalue weighted by molar-refractivity contribution is 5.91. The standard InChI is InChI=1S/C29H50N2O/c1-8-11-25(13-12-22(4)9-2)21-31-18-16-26(17-19-31)27-14-15-29(30(7)24(6)32)28(20-27)23(5)10-3/h14-15,20,22-23,25-26H,8-13,16-19,21H2,1-7H3. The number of carbonyl (C=O) groups is 1. The van der Waals surface area contributed by atoms with Gasteiger partial charge in [0.15, 0.2) is 0 Å². The zero-order chi connectivity index (χ0) is 23.7. The van der Waals surface area contributed by atoms with E-state index in [2.05, 4.69) is 57.7 Å². The van der Waals surface area contributed by atoms with Crippen molar-refractivity contribution in [3.63, 3.8) is 0 Å². The van der Waals surface area contributed by atoms with Gasteiger partial charge in [-0.2, -0.15) is 0 Å². The highest BCUT2D eigenvalue weighted by Crippen LogP contribution is 2.36. The van der Waals surface area contributed by atoms with Crippen molar-refractivity contribution in [1.29, 1.82) is 0 Å². The van der Waals surface area contributed by atoms with Crippen molar-refractivity contribution in [2.24, 2.45) is 11.8 Å². The molecular weight excluding hydrogens is 392 g/mol. The SMILES string of the molecule is CCCC(CCC(C)CC)CN1CCC(c2ccc(N(C)C(C)=O)c(C(C)CC)c2)CC1. The van der Waals surface area contributed by atoms with Crippen molar-refractivity contribution < 1.29 is 4.79 Å². The van der Waals surface area contributed by atoms with E-state index in [0.29, 0.717) is 11.8 Å². The van der Waals surface area contributed by atoms with Gasteiger partial charge in [-0.15, -0.1) is 0 Å². The molecule has 3 nitrogen and oxygen atoms in total. The molecule has 1 heterocycles. The molecule has 0 N–H and O–H groups in total. The molecule has 3 atom stereocenters. The molecule has 2 rings (SSSR count). The Morgan fingerprint density at radius 3 is 2.31 bits per heavy atom. The fourth-order valence-corrected chi connectivity index (χ4v) is 5.19. The molecule has 3 heteroatoms. The number of hydrogen-bond donors (Lipinski definition) is 0. The quantitative estimate of drug-likeness (QED) is 0.332. The highest BCUT2D eigenvalue weighted by atomic mass is 16.2. The lowest BCUT2D eigenvalue weighted by Crippen LogP contribution is -2.36. The number of amides is 1. The van der Waals surface area contributed by atoms with Crippen LogP contribution in [-0.2, 0) is 4.79 Å². The van der Waals surface area contributed by atoms with Crippen LogP contribution in [-0.4, -0.2) is 37.5 Å². The van der Waals surface area contributed by atoms with Crippen molar-refractivity contribution in [2.45, 2.75) is 105 Å². The molecule has 0 radical (unpaired) electrons. The second-order valence-corrected chi connectivity index (χ2v) is 10.5. The monoisotopic (exact) mass is 442 g/mol. The van der Waals surface area contributed by atoms with Crippen LogP contribution >= 0.6 is 0 Å². The lowest BCUT2D eigenvalue weighted by molar-refractivity contribution is -0.116. The van der Waals surface area contributed by atoms with Crippen molar-refractivity contribution in [3.8, 4) is 0 Å². The van der Waals surface area contributed by atoms with Gasteiger partial charge in [-0.3, -0.25) is 4.79 Å². The van der Waals surface area contributed by atoms with Crippen molar-refractivity contribution in [2.75, 3.05) is 31.6 Å². The van der Waals surface area contributed by atoms with E-state index < -0.39 is 0 Å². The molecule has 1 aliphatic heterocycles. The van der Waals surface area contributed by atoms with Gasteiger partial charge in [-0.05, 0) is 86.1 Å². The summed E-state index contributed by atoms with van der Waals surface area (Å²) < 4.78 is 0. The van der Waals surface area contributed by atoms with Gasteiger partial charge in [0.2, 0.25) is 5.91 Å². The fourth-order valence-electron chi connectivity index (χ4n) is 5.19. The largest absolute Gasteiger partial charge is 0.315 e. The first kappa shape index (κ1) is 26.9. The summed E-state index contributed by atoms with van der Waals surface area (Å²) in [6.07, 6.45) is 10.4. The molecule has 0 aliphatic carbocycles. The first-order valence-electron chi connectivity index (χ1n) is 13.4. The first-order valence-corrected chi connectivity index (χ1v) is 13.4. The maximum absolute atomic E-state index is 12.0. The second-order valence-electron chi connectivity index (χ2n) is 10.5. The van der Waals surface area contributed by atoms with Crippen LogP contribution in [0.3, 0.4) is 0 Å². The predicted molar refractivity (Wildman–Crippen MR) is 140 cm³/mol. The zero-order valence-electron chi connectivity index (χ0n) is 22.1. The maximum atomic E-state index is 12.0. The molecule has 1 fully saturated rings. The molecule has 1 aliphatic rings. The number of nitrogens with zero attached hydrogens (tertiary/aromatic N) is 2. The average molecular weight is 443 g/mol. The molecular formula is C29H50N2O. The number of anilines is 1. The Hall–Kier alpha value is -1.35. The molecule has 3 unspecified atom stereocenters. The van der Waals surface area contributed by atoms with Crippen LogP contribution in [0.4, 0.5) is 5.69 Å². The minimum absolute atomic E-state index is 0.102. The van der Waals surface area contributed by atoms with Gasteiger partial charge >= 0.3 is 0 Å². The lowest BCUT2D eigenvalue weighted by atomic mass is 9.85. The van der Waals surface area contributed by atoms with Gasteiger partial charge in [-0.1, -0.05) is 66.0 Å². The molecule has 1 amide bonds. The third-order valence-corrected chi connectivity index (χ3v) is 8.07. The molecule has 1 aromatic rings. The van der Waals surface area contributed by atoms with E-state index in [0.717, 1.165) is 23.9 Å². The molecule has 0 aromatic heterocycles. The van der Waals surface area contributed by atoms with Crippen LogP contribution in [0, 0.1) is 11.8 Å². The molecule has 0 saturated carbocycles. The smallest absolute Gasteiger partial charge is 0.223 e. The van der Waals surface area contributed by atoms with E-state index >= 15 is 0 Å². The van der Waals surface area contributed by atoms with Gasteiger partial charge in [-0.25, -0.2) is 0 Å². The summed E-state index contributed by atoms with van der Waals surface area (Å²) in [4.78, 5) is 16.5. The number of rotatable bonds is 12. The van der Waals surface area contributed by atoms with Crippen molar-refractivity contribution >= 4 is 11.6 Å². The molecule has 32 heavy (non-hydrogen) atoms. The Bertz CT molecular complexity index is 692. The average Bonchev–Trinajstić information content (AvgIpc) is 2.81. The van der Waals surface area contributed by atoms with Gasteiger partial charge in [0.05, 0.1) is 0 Å². The minimum atomic E-state index is 0.102. The topological polar surface area (TPSA) is 23.6 Å². The summed E-state index contributed by atoms with van der Waals surface area (Å²) in [5, 5.41) is 0. The van der Waals surface area contributed by atoms with Gasteiger partial charge < -0.3 is 9.80 Å². The van der Waals surface area contributed by atoms with E-state index in [4.69, 9.17) is 0 Å². The van der Waals surface area contributed by atoms with E-state index in [1.54, 1.807) is 11.8 Å². The summed E-state index contributed by atoms with van der Waals surface area (Å²) in [5.41, 5.74) is 3.89. The number of hydrogen-bond acceptors (Lipinski definition) is 2. The fraction of sp³-hybridized carbons (Fsp3) is 0.759. The van der Waals surface area contributed by atoms with Crippen LogP contribution in [0.1, 0.15) is 116 Å². The summed E-state index contributed by atoms with van der Waals surface area (Å²) in [7, 11) is 1.90. The summed E-state index contributed by atoms with van der Waals surface area (Å²) in [5.74, 6) is 2.95. The summed E-state index contributed by atoms with van der Waals surface area (Å²) in [6, 6.07) is 6.89. The van der Waals surface area contributed by atoms with Crippen molar-refractivity contribution in [3.05, 3.63) is 29.3 Å². The maximum Gasteiger partial charge on any atom is 0.223 e. The number of benzene rings is 1. The summed E-state index contributed by atoms with van der Waals surface area (Å²) in [6.45, 7) is 17.0. The first-order chi connectivity index (χ1) is 15.3. The summed E-state index contributed by atoms with van der Waals surface area (Å²) >= 11 is 0. The van der Waals surface area contributed by atoms with E-state index in [1.165, 1.54) is 75.7 Å². The third-order valence-electron chi connectivity index (χ3n) is 8.07. The van der Waals surface area contributed by atoms with Gasteiger partial charge in [0.25, 0.3) is 0 Å². The minimum Gasteiger partial charge on any atom is -0.315 e. The van der Waals surface area contributed by atoms with Crippen LogP contribution in [0.15, 0.2) is 18.2 Å². The molecule has 0 spiro atoms. The van der Waals surface area contributed by atoms with E-state index in [9.17, 15) is 4.79 Å². The Labute approximate surface area is 199 Å². The molecule has 182 valence electrons. The lowest BCUT2D eigenvalue weighted by Gasteiger charge is -2.35. The van der Waals surface area contributed by atoms with Gasteiger partial charge in [0.1, 0.15) is 0 Å². The third kappa shape index (κ3) is 7.61. The van der Waals surface area contributed by atoms with Crippen LogP contribution in [0.2, 0.25) is 0 Å². The van der Waals surface area contributed by atoms with Crippen molar-refractivity contribution in [1.82, 2.24) is 4.90 Å². The Morgan fingerprint density at radius 2 is 1.75 bits per heavy atom. The predicted octanol–water partition coefficient (Wildman–Crippen LogP) is 7.60.